The molecule has 0 heterocycles. The predicted molar refractivity (Wildman–Crippen MR) is 67.6 cm³/mol. The van der Waals surface area contributed by atoms with E-state index >= 15 is 0 Å². The molecule has 0 saturated heterocycles. The van der Waals surface area contributed by atoms with Crippen LogP contribution in [-0.4, -0.2) is 31.6 Å². The van der Waals surface area contributed by atoms with Crippen LogP contribution in [-0.2, 0) is 6.54 Å². The Kier molecular flexibility index (Phi) is 5.90. The fourth-order valence-corrected chi connectivity index (χ4v) is 1.65. The minimum atomic E-state index is 0.715. The quantitative estimate of drug-likeness (QED) is 0.765. The van der Waals surface area contributed by atoms with Crippen LogP contribution in [0.15, 0.2) is 24.3 Å². The molecule has 0 spiro atoms. The SMILES string of the molecule is CCOc1cccc(CN(C)CCCN)c1. The van der Waals surface area contributed by atoms with Crippen LogP contribution >= 0.6 is 0 Å². The van der Waals surface area contributed by atoms with Crippen molar-refractivity contribution in [1.29, 1.82) is 0 Å². The second-order valence-electron chi connectivity index (χ2n) is 3.96. The molecule has 90 valence electrons. The van der Waals surface area contributed by atoms with Gasteiger partial charge in [-0.05, 0) is 51.2 Å². The summed E-state index contributed by atoms with van der Waals surface area (Å²) in [4.78, 5) is 2.28. The van der Waals surface area contributed by atoms with Crippen molar-refractivity contribution in [3.63, 3.8) is 0 Å². The van der Waals surface area contributed by atoms with Crippen LogP contribution in [0.2, 0.25) is 0 Å². The number of rotatable bonds is 7. The monoisotopic (exact) mass is 222 g/mol. The van der Waals surface area contributed by atoms with Gasteiger partial charge in [-0.1, -0.05) is 12.1 Å². The zero-order chi connectivity index (χ0) is 11.8. The minimum absolute atomic E-state index is 0.715. The van der Waals surface area contributed by atoms with Crippen LogP contribution in [0.4, 0.5) is 0 Å². The fraction of sp³-hybridized carbons (Fsp3) is 0.538. The Bertz CT molecular complexity index is 302. The second-order valence-corrected chi connectivity index (χ2v) is 3.96. The van der Waals surface area contributed by atoms with E-state index in [1.807, 2.05) is 19.1 Å². The average molecular weight is 222 g/mol. The number of hydrogen-bond acceptors (Lipinski definition) is 3. The third-order valence-corrected chi connectivity index (χ3v) is 2.41. The summed E-state index contributed by atoms with van der Waals surface area (Å²) in [5.74, 6) is 0.951. The molecule has 3 nitrogen and oxygen atoms in total. The van der Waals surface area contributed by atoms with E-state index < -0.39 is 0 Å². The summed E-state index contributed by atoms with van der Waals surface area (Å²) >= 11 is 0. The number of nitrogens with two attached hydrogens (primary N) is 1. The van der Waals surface area contributed by atoms with Crippen molar-refractivity contribution in [2.24, 2.45) is 5.73 Å². The van der Waals surface area contributed by atoms with Gasteiger partial charge in [0.05, 0.1) is 6.61 Å². The van der Waals surface area contributed by atoms with Crippen LogP contribution in [0.1, 0.15) is 18.9 Å². The molecule has 2 N–H and O–H groups in total. The van der Waals surface area contributed by atoms with E-state index in [0.29, 0.717) is 6.61 Å². The number of nitrogens with zero attached hydrogens (tertiary/aromatic N) is 1. The van der Waals surface area contributed by atoms with Crippen molar-refractivity contribution in [2.45, 2.75) is 19.9 Å². The van der Waals surface area contributed by atoms with Gasteiger partial charge in [-0.25, -0.2) is 0 Å². The van der Waals surface area contributed by atoms with Crippen molar-refractivity contribution in [3.05, 3.63) is 29.8 Å². The van der Waals surface area contributed by atoms with Gasteiger partial charge in [-0.2, -0.15) is 0 Å². The standard InChI is InChI=1S/C13H22N2O/c1-3-16-13-7-4-6-12(10-13)11-15(2)9-5-8-14/h4,6-7,10H,3,5,8-9,11,14H2,1-2H3. The van der Waals surface area contributed by atoms with Gasteiger partial charge in [-0.15, -0.1) is 0 Å². The highest BCUT2D eigenvalue weighted by atomic mass is 16.5. The van der Waals surface area contributed by atoms with Crippen molar-refractivity contribution in [2.75, 3.05) is 26.7 Å². The maximum Gasteiger partial charge on any atom is 0.119 e. The lowest BCUT2D eigenvalue weighted by molar-refractivity contribution is 0.320. The summed E-state index contributed by atoms with van der Waals surface area (Å²) < 4.78 is 5.47. The molecule has 0 bridgehead atoms. The molecule has 1 aromatic carbocycles. The number of ether oxygens (including phenoxy) is 1. The highest BCUT2D eigenvalue weighted by molar-refractivity contribution is 5.28. The first-order valence-corrected chi connectivity index (χ1v) is 5.86. The van der Waals surface area contributed by atoms with Gasteiger partial charge < -0.3 is 15.4 Å². The lowest BCUT2D eigenvalue weighted by Crippen LogP contribution is -2.21. The third kappa shape index (κ3) is 4.64. The lowest BCUT2D eigenvalue weighted by atomic mass is 10.2. The average Bonchev–Trinajstić information content (AvgIpc) is 2.27. The van der Waals surface area contributed by atoms with Gasteiger partial charge in [0.1, 0.15) is 5.75 Å². The van der Waals surface area contributed by atoms with E-state index in [0.717, 1.165) is 31.8 Å². The van der Waals surface area contributed by atoms with E-state index in [1.165, 1.54) is 5.56 Å². The Labute approximate surface area is 98.2 Å². The van der Waals surface area contributed by atoms with Gasteiger partial charge >= 0.3 is 0 Å². The Morgan fingerprint density at radius 2 is 2.19 bits per heavy atom. The summed E-state index contributed by atoms with van der Waals surface area (Å²) in [6.07, 6.45) is 1.04. The zero-order valence-corrected chi connectivity index (χ0v) is 10.3. The predicted octanol–water partition coefficient (Wildman–Crippen LogP) is 1.87. The molecule has 0 aliphatic carbocycles. The van der Waals surface area contributed by atoms with E-state index in [1.54, 1.807) is 0 Å². The molecule has 1 aromatic rings. The molecule has 0 atom stereocenters. The van der Waals surface area contributed by atoms with E-state index in [2.05, 4.69) is 24.1 Å². The normalized spacial score (nSPS) is 10.8. The molecule has 0 unspecified atom stereocenters. The van der Waals surface area contributed by atoms with Gasteiger partial charge in [0.25, 0.3) is 0 Å². The molecule has 0 aliphatic rings. The van der Waals surface area contributed by atoms with Crippen LogP contribution in [0.3, 0.4) is 0 Å². The minimum Gasteiger partial charge on any atom is -0.494 e. The Morgan fingerprint density at radius 1 is 1.38 bits per heavy atom. The molecule has 0 saturated carbocycles. The van der Waals surface area contributed by atoms with Crippen LogP contribution in [0.5, 0.6) is 5.75 Å². The second kappa shape index (κ2) is 7.25. The summed E-state index contributed by atoms with van der Waals surface area (Å²) in [5.41, 5.74) is 6.77. The molecule has 16 heavy (non-hydrogen) atoms. The Hall–Kier alpha value is -1.06. The zero-order valence-electron chi connectivity index (χ0n) is 10.3. The van der Waals surface area contributed by atoms with Crippen LogP contribution in [0, 0.1) is 0 Å². The molecule has 0 radical (unpaired) electrons. The maximum absolute atomic E-state index is 5.49. The van der Waals surface area contributed by atoms with Crippen LogP contribution < -0.4 is 10.5 Å². The van der Waals surface area contributed by atoms with Crippen molar-refractivity contribution in [3.8, 4) is 5.75 Å². The number of benzene rings is 1. The molecule has 0 fully saturated rings. The highest BCUT2D eigenvalue weighted by Gasteiger charge is 2.01. The van der Waals surface area contributed by atoms with E-state index in [4.69, 9.17) is 10.5 Å². The smallest absolute Gasteiger partial charge is 0.119 e. The molecule has 0 aliphatic heterocycles. The van der Waals surface area contributed by atoms with Gasteiger partial charge in [0, 0.05) is 6.54 Å². The first-order valence-electron chi connectivity index (χ1n) is 5.86. The molecule has 0 aromatic heterocycles. The molecular weight excluding hydrogens is 200 g/mol. The largest absolute Gasteiger partial charge is 0.494 e. The summed E-state index contributed by atoms with van der Waals surface area (Å²) in [5, 5.41) is 0. The topological polar surface area (TPSA) is 38.5 Å². The highest BCUT2D eigenvalue weighted by Crippen LogP contribution is 2.14. The lowest BCUT2D eigenvalue weighted by Gasteiger charge is -2.16. The van der Waals surface area contributed by atoms with E-state index in [9.17, 15) is 0 Å². The first-order chi connectivity index (χ1) is 7.76. The molecule has 1 rings (SSSR count). The molecular formula is C13H22N2O. The summed E-state index contributed by atoms with van der Waals surface area (Å²) in [6, 6.07) is 8.26. The Morgan fingerprint density at radius 3 is 2.88 bits per heavy atom. The van der Waals surface area contributed by atoms with Gasteiger partial charge in [0.15, 0.2) is 0 Å². The van der Waals surface area contributed by atoms with Crippen LogP contribution in [0.25, 0.3) is 0 Å². The first kappa shape index (κ1) is 13.0. The van der Waals surface area contributed by atoms with Crippen molar-refractivity contribution in [1.82, 2.24) is 4.90 Å². The molecule has 3 heteroatoms. The summed E-state index contributed by atoms with van der Waals surface area (Å²) in [6.45, 7) is 5.45. The maximum atomic E-state index is 5.49. The van der Waals surface area contributed by atoms with Crippen molar-refractivity contribution >= 4 is 0 Å². The summed E-state index contributed by atoms with van der Waals surface area (Å²) in [7, 11) is 2.11. The number of hydrogen-bond donors (Lipinski definition) is 1. The molecule has 0 amide bonds. The Balaban J connectivity index is 2.49. The third-order valence-electron chi connectivity index (χ3n) is 2.41. The van der Waals surface area contributed by atoms with Gasteiger partial charge in [0.2, 0.25) is 0 Å². The fourth-order valence-electron chi connectivity index (χ4n) is 1.65. The van der Waals surface area contributed by atoms with Crippen molar-refractivity contribution < 1.29 is 4.74 Å². The van der Waals surface area contributed by atoms with E-state index in [-0.39, 0.29) is 0 Å². The van der Waals surface area contributed by atoms with Gasteiger partial charge in [-0.3, -0.25) is 0 Å².